The van der Waals surface area contributed by atoms with Crippen molar-refractivity contribution in [1.29, 1.82) is 5.41 Å². The van der Waals surface area contributed by atoms with Crippen molar-refractivity contribution in [3.05, 3.63) is 35.4 Å². The lowest BCUT2D eigenvalue weighted by Gasteiger charge is -2.23. The maximum absolute atomic E-state index is 12.8. The second kappa shape index (κ2) is 15.2. The number of carbonyl (C=O) groups excluding carboxylic acids is 2. The summed E-state index contributed by atoms with van der Waals surface area (Å²) < 4.78 is 0. The van der Waals surface area contributed by atoms with E-state index in [-0.39, 0.29) is 18.3 Å². The predicted molar refractivity (Wildman–Crippen MR) is 121 cm³/mol. The maximum atomic E-state index is 12.8. The van der Waals surface area contributed by atoms with Crippen molar-refractivity contribution in [2.75, 3.05) is 32.8 Å². The first kappa shape index (κ1) is 26.3. The number of primary amides is 1. The highest BCUT2D eigenvalue weighted by Gasteiger charge is 2.32. The van der Waals surface area contributed by atoms with E-state index in [0.29, 0.717) is 19.6 Å². The van der Waals surface area contributed by atoms with Crippen LogP contribution in [0.25, 0.3) is 0 Å². The number of aliphatic hydroxyl groups excluding tert-OH is 1. The quantitative estimate of drug-likeness (QED) is 0.0903. The maximum Gasteiger partial charge on any atom is 0.224 e. The standard InChI is InChI=1S/C21H37N7O3/c22-8-3-10-26-9-1-2-11-27-20(31)17(18(14-29)19(23)30)12-15-4-6-16(7-5-15)13-28-21(24)25/h4-7,17-18,26,29H,1-3,8-14,22H2,(H2,23,30)(H,27,31)(H4,24,25,28)/t17?,18-/m1/s1. The Kier molecular flexibility index (Phi) is 12.9. The van der Waals surface area contributed by atoms with E-state index in [1.54, 1.807) is 0 Å². The highest BCUT2D eigenvalue weighted by molar-refractivity contribution is 5.87. The number of hydrogen-bond acceptors (Lipinski definition) is 6. The van der Waals surface area contributed by atoms with Crippen molar-refractivity contribution < 1.29 is 14.7 Å². The summed E-state index contributed by atoms with van der Waals surface area (Å²) in [6, 6.07) is 7.41. The van der Waals surface area contributed by atoms with E-state index in [9.17, 15) is 14.7 Å². The van der Waals surface area contributed by atoms with Crippen LogP contribution in [0.15, 0.2) is 24.3 Å². The van der Waals surface area contributed by atoms with E-state index in [4.69, 9.17) is 22.6 Å². The average Bonchev–Trinajstić information content (AvgIpc) is 2.74. The van der Waals surface area contributed by atoms with Gasteiger partial charge >= 0.3 is 0 Å². The summed E-state index contributed by atoms with van der Waals surface area (Å²) in [6.45, 7) is 2.81. The van der Waals surface area contributed by atoms with Crippen LogP contribution < -0.4 is 33.2 Å². The summed E-state index contributed by atoms with van der Waals surface area (Å²) in [6.07, 6.45) is 2.92. The number of aliphatic hydroxyl groups is 1. The molecule has 0 aliphatic rings. The van der Waals surface area contributed by atoms with Gasteiger partial charge in [-0.2, -0.15) is 0 Å². The van der Waals surface area contributed by atoms with Gasteiger partial charge in [0, 0.05) is 13.1 Å². The number of benzene rings is 1. The predicted octanol–water partition coefficient (Wildman–Crippen LogP) is -1.24. The molecule has 10 nitrogen and oxygen atoms in total. The number of guanidine groups is 1. The first-order valence-electron chi connectivity index (χ1n) is 10.6. The number of amides is 2. The average molecular weight is 436 g/mol. The minimum Gasteiger partial charge on any atom is -0.396 e. The van der Waals surface area contributed by atoms with Gasteiger partial charge in [-0.15, -0.1) is 0 Å². The van der Waals surface area contributed by atoms with E-state index in [1.165, 1.54) is 0 Å². The third kappa shape index (κ3) is 10.8. The van der Waals surface area contributed by atoms with Gasteiger partial charge < -0.3 is 38.3 Å². The summed E-state index contributed by atoms with van der Waals surface area (Å²) in [7, 11) is 0. The Bertz CT molecular complexity index is 682. The number of nitrogens with one attached hydrogen (secondary N) is 4. The van der Waals surface area contributed by atoms with Crippen LogP contribution in [-0.4, -0.2) is 55.7 Å². The van der Waals surface area contributed by atoms with Gasteiger partial charge in [-0.1, -0.05) is 24.3 Å². The molecular formula is C21H37N7O3. The lowest BCUT2D eigenvalue weighted by atomic mass is 9.85. The monoisotopic (exact) mass is 435 g/mol. The summed E-state index contributed by atoms with van der Waals surface area (Å²) in [5.74, 6) is -2.83. The van der Waals surface area contributed by atoms with Crippen LogP contribution in [0.1, 0.15) is 30.4 Å². The van der Waals surface area contributed by atoms with Gasteiger partial charge in [0.25, 0.3) is 0 Å². The Hall–Kier alpha value is -2.69. The van der Waals surface area contributed by atoms with Crippen LogP contribution in [0, 0.1) is 17.2 Å². The van der Waals surface area contributed by atoms with Gasteiger partial charge in [0.15, 0.2) is 5.96 Å². The van der Waals surface area contributed by atoms with Gasteiger partial charge in [-0.25, -0.2) is 0 Å². The lowest BCUT2D eigenvalue weighted by molar-refractivity contribution is -0.134. The number of nitrogens with two attached hydrogens (primary N) is 3. The normalized spacial score (nSPS) is 12.7. The summed E-state index contributed by atoms with van der Waals surface area (Å²) >= 11 is 0. The highest BCUT2D eigenvalue weighted by atomic mass is 16.3. The third-order valence-electron chi connectivity index (χ3n) is 4.98. The lowest BCUT2D eigenvalue weighted by Crippen LogP contribution is -2.43. The molecule has 11 N–H and O–H groups in total. The number of hydrogen-bond donors (Lipinski definition) is 8. The fourth-order valence-corrected chi connectivity index (χ4v) is 3.15. The van der Waals surface area contributed by atoms with E-state index in [1.807, 2.05) is 24.3 Å². The van der Waals surface area contributed by atoms with Crippen molar-refractivity contribution >= 4 is 17.8 Å². The minimum atomic E-state index is -0.961. The fraction of sp³-hybridized carbons (Fsp3) is 0.571. The Morgan fingerprint density at radius 1 is 0.935 bits per heavy atom. The van der Waals surface area contributed by atoms with Gasteiger partial charge in [0.1, 0.15) is 0 Å². The smallest absolute Gasteiger partial charge is 0.224 e. The number of unbranched alkanes of at least 4 members (excludes halogenated alkanes) is 1. The molecule has 1 aromatic rings. The molecule has 0 fully saturated rings. The second-order valence-electron chi connectivity index (χ2n) is 7.48. The van der Waals surface area contributed by atoms with Crippen molar-refractivity contribution in [3.8, 4) is 0 Å². The van der Waals surface area contributed by atoms with E-state index < -0.39 is 24.3 Å². The van der Waals surface area contributed by atoms with Crippen molar-refractivity contribution in [2.24, 2.45) is 29.0 Å². The van der Waals surface area contributed by atoms with Gasteiger partial charge in [0.2, 0.25) is 11.8 Å². The van der Waals surface area contributed by atoms with Crippen LogP contribution >= 0.6 is 0 Å². The van der Waals surface area contributed by atoms with Crippen LogP contribution in [0.3, 0.4) is 0 Å². The first-order chi connectivity index (χ1) is 14.9. The SMILES string of the molecule is N=C(N)NCc1ccc(CC(C(=O)NCCCCNCCCN)[C@@H](CO)C(N)=O)cc1. The van der Waals surface area contributed by atoms with Crippen LogP contribution in [0.2, 0.25) is 0 Å². The zero-order chi connectivity index (χ0) is 23.1. The summed E-state index contributed by atoms with van der Waals surface area (Å²) in [4.78, 5) is 24.6. The van der Waals surface area contributed by atoms with Gasteiger partial charge in [0.05, 0.1) is 18.4 Å². The zero-order valence-electron chi connectivity index (χ0n) is 18.0. The molecule has 0 aromatic heterocycles. The molecule has 31 heavy (non-hydrogen) atoms. The molecule has 1 rings (SSSR count). The van der Waals surface area contributed by atoms with Gasteiger partial charge in [-0.05, 0) is 56.4 Å². The molecule has 0 spiro atoms. The third-order valence-corrected chi connectivity index (χ3v) is 4.98. The Morgan fingerprint density at radius 3 is 2.13 bits per heavy atom. The Morgan fingerprint density at radius 2 is 1.55 bits per heavy atom. The van der Waals surface area contributed by atoms with E-state index >= 15 is 0 Å². The fourth-order valence-electron chi connectivity index (χ4n) is 3.15. The molecule has 0 aliphatic carbocycles. The van der Waals surface area contributed by atoms with Crippen LogP contribution in [-0.2, 0) is 22.6 Å². The van der Waals surface area contributed by atoms with E-state index in [0.717, 1.165) is 43.5 Å². The molecule has 0 saturated carbocycles. The molecule has 174 valence electrons. The Labute approximate surface area is 183 Å². The molecule has 10 heteroatoms. The van der Waals surface area contributed by atoms with Gasteiger partial charge in [-0.3, -0.25) is 15.0 Å². The molecule has 2 amide bonds. The van der Waals surface area contributed by atoms with E-state index in [2.05, 4.69) is 16.0 Å². The topological polar surface area (TPSA) is 192 Å². The Balaban J connectivity index is 2.63. The van der Waals surface area contributed by atoms with Crippen LogP contribution in [0.5, 0.6) is 0 Å². The minimum absolute atomic E-state index is 0.112. The largest absolute Gasteiger partial charge is 0.396 e. The molecule has 1 unspecified atom stereocenters. The molecule has 0 heterocycles. The van der Waals surface area contributed by atoms with Crippen molar-refractivity contribution in [2.45, 2.75) is 32.2 Å². The summed E-state index contributed by atoms with van der Waals surface area (Å²) in [5.41, 5.74) is 17.9. The highest BCUT2D eigenvalue weighted by Crippen LogP contribution is 2.19. The molecule has 0 radical (unpaired) electrons. The molecule has 2 atom stereocenters. The zero-order valence-corrected chi connectivity index (χ0v) is 18.0. The molecule has 1 aromatic carbocycles. The molecule has 0 bridgehead atoms. The molecule has 0 aliphatic heterocycles. The second-order valence-corrected chi connectivity index (χ2v) is 7.48. The van der Waals surface area contributed by atoms with Crippen molar-refractivity contribution in [3.63, 3.8) is 0 Å². The molecule has 0 saturated heterocycles. The summed E-state index contributed by atoms with van der Waals surface area (Å²) in [5, 5.41) is 25.7. The van der Waals surface area contributed by atoms with Crippen molar-refractivity contribution in [1.82, 2.24) is 16.0 Å². The molecular weight excluding hydrogens is 398 g/mol. The van der Waals surface area contributed by atoms with Crippen LogP contribution in [0.4, 0.5) is 0 Å². The number of rotatable bonds is 16. The first-order valence-corrected chi connectivity index (χ1v) is 10.6. The number of carbonyl (C=O) groups is 2.